The quantitative estimate of drug-likeness (QED) is 0.741. The van der Waals surface area contributed by atoms with Crippen molar-refractivity contribution in [1.82, 2.24) is 0 Å². The molecule has 4 heteroatoms. The maximum Gasteiger partial charge on any atom is 0.0794 e. The average molecular weight is 241 g/mol. The number of hydrogen-bond acceptors (Lipinski definition) is 3. The summed E-state index contributed by atoms with van der Waals surface area (Å²) in [6.45, 7) is 3.39. The summed E-state index contributed by atoms with van der Waals surface area (Å²) in [4.78, 5) is 2.10. The van der Waals surface area contributed by atoms with Crippen molar-refractivity contribution in [1.29, 1.82) is 0 Å². The van der Waals surface area contributed by atoms with Gasteiger partial charge in [-0.15, -0.1) is 0 Å². The van der Waals surface area contributed by atoms with E-state index in [-0.39, 0.29) is 0 Å². The van der Waals surface area contributed by atoms with Gasteiger partial charge in [0, 0.05) is 18.1 Å². The maximum atomic E-state index is 10.1. The van der Waals surface area contributed by atoms with Gasteiger partial charge in [0.2, 0.25) is 0 Å². The van der Waals surface area contributed by atoms with Crippen molar-refractivity contribution in [3.05, 3.63) is 23.2 Å². The number of rotatable bonds is 1. The van der Waals surface area contributed by atoms with Crippen LogP contribution in [0.25, 0.3) is 0 Å². The molecule has 3 nitrogen and oxygen atoms in total. The summed E-state index contributed by atoms with van der Waals surface area (Å²) < 4.78 is 0. The average Bonchev–Trinajstić information content (AvgIpc) is 2.20. The lowest BCUT2D eigenvalue weighted by atomic mass is 9.94. The van der Waals surface area contributed by atoms with E-state index in [4.69, 9.17) is 17.3 Å². The van der Waals surface area contributed by atoms with Crippen molar-refractivity contribution in [2.75, 3.05) is 23.7 Å². The molecule has 1 aliphatic heterocycles. The molecule has 1 fully saturated rings. The first kappa shape index (κ1) is 11.6. The summed E-state index contributed by atoms with van der Waals surface area (Å²) in [5, 5.41) is 10.7. The van der Waals surface area contributed by atoms with Gasteiger partial charge in [-0.2, -0.15) is 0 Å². The van der Waals surface area contributed by atoms with E-state index >= 15 is 0 Å². The van der Waals surface area contributed by atoms with Gasteiger partial charge in [0.25, 0.3) is 0 Å². The number of anilines is 2. The predicted octanol–water partition coefficient (Wildman–Crippen LogP) is 2.27. The smallest absolute Gasteiger partial charge is 0.0794 e. The number of aliphatic hydroxyl groups is 1. The highest BCUT2D eigenvalue weighted by Crippen LogP contribution is 2.31. The number of nitrogens with zero attached hydrogens (tertiary/aromatic N) is 1. The second kappa shape index (κ2) is 4.15. The summed E-state index contributed by atoms with van der Waals surface area (Å²) >= 11 is 5.96. The maximum absolute atomic E-state index is 10.1. The zero-order valence-corrected chi connectivity index (χ0v) is 10.2. The number of hydrogen-bond donors (Lipinski definition) is 2. The van der Waals surface area contributed by atoms with Crippen LogP contribution in [-0.2, 0) is 0 Å². The molecule has 3 N–H and O–H groups in total. The summed E-state index contributed by atoms with van der Waals surface area (Å²) in [7, 11) is 0. The molecule has 88 valence electrons. The van der Waals surface area contributed by atoms with Gasteiger partial charge in [-0.05, 0) is 38.0 Å². The first-order valence-electron chi connectivity index (χ1n) is 5.50. The van der Waals surface area contributed by atoms with Gasteiger partial charge in [0.1, 0.15) is 0 Å². The van der Waals surface area contributed by atoms with Gasteiger partial charge in [0.05, 0.1) is 17.0 Å². The largest absolute Gasteiger partial charge is 0.397 e. The number of benzene rings is 1. The Morgan fingerprint density at radius 1 is 1.50 bits per heavy atom. The Morgan fingerprint density at radius 3 is 2.94 bits per heavy atom. The monoisotopic (exact) mass is 240 g/mol. The second-order valence-electron chi connectivity index (χ2n) is 4.73. The van der Waals surface area contributed by atoms with E-state index in [0.717, 1.165) is 25.1 Å². The lowest BCUT2D eigenvalue weighted by Crippen LogP contribution is -2.46. The fourth-order valence-corrected chi connectivity index (χ4v) is 2.38. The van der Waals surface area contributed by atoms with E-state index in [2.05, 4.69) is 4.90 Å². The first-order chi connectivity index (χ1) is 7.48. The molecule has 0 aromatic heterocycles. The highest BCUT2D eigenvalue weighted by Gasteiger charge is 2.29. The molecule has 1 aromatic rings. The molecule has 1 atom stereocenters. The third-order valence-corrected chi connectivity index (χ3v) is 3.24. The van der Waals surface area contributed by atoms with Crippen LogP contribution >= 0.6 is 11.6 Å². The Bertz CT molecular complexity index is 393. The van der Waals surface area contributed by atoms with E-state index in [1.54, 1.807) is 12.1 Å². The minimum atomic E-state index is -0.632. The molecule has 0 amide bonds. The number of piperidine rings is 1. The SMILES string of the molecule is CC1(O)CCCN(c2cc(Cl)ccc2N)C1. The Hall–Kier alpha value is -0.930. The van der Waals surface area contributed by atoms with E-state index in [9.17, 15) is 5.11 Å². The van der Waals surface area contributed by atoms with Crippen molar-refractivity contribution in [3.8, 4) is 0 Å². The van der Waals surface area contributed by atoms with E-state index in [0.29, 0.717) is 17.3 Å². The number of β-amino-alcohol motifs (C(OH)–C–C–N with tert-alkyl or cyclic N) is 1. The summed E-state index contributed by atoms with van der Waals surface area (Å²) in [5.74, 6) is 0. The summed E-state index contributed by atoms with van der Waals surface area (Å²) in [6, 6.07) is 5.45. The van der Waals surface area contributed by atoms with E-state index < -0.39 is 5.60 Å². The standard InChI is InChI=1S/C12H17ClN2O/c1-12(16)5-2-6-15(8-12)11-7-9(13)3-4-10(11)14/h3-4,7,16H,2,5-6,8,14H2,1H3. The molecule has 0 saturated carbocycles. The van der Waals surface area contributed by atoms with E-state index in [1.165, 1.54) is 0 Å². The fraction of sp³-hybridized carbons (Fsp3) is 0.500. The van der Waals surface area contributed by atoms with Crippen LogP contribution < -0.4 is 10.6 Å². The third kappa shape index (κ3) is 2.42. The van der Waals surface area contributed by atoms with Crippen molar-refractivity contribution in [3.63, 3.8) is 0 Å². The van der Waals surface area contributed by atoms with Crippen LogP contribution in [0, 0.1) is 0 Å². The zero-order valence-electron chi connectivity index (χ0n) is 9.41. The van der Waals surface area contributed by atoms with Crippen LogP contribution in [0.15, 0.2) is 18.2 Å². The number of nitrogens with two attached hydrogens (primary N) is 1. The fourth-order valence-electron chi connectivity index (χ4n) is 2.22. The molecule has 0 spiro atoms. The topological polar surface area (TPSA) is 49.5 Å². The van der Waals surface area contributed by atoms with Gasteiger partial charge < -0.3 is 15.7 Å². The van der Waals surface area contributed by atoms with Gasteiger partial charge in [-0.1, -0.05) is 11.6 Å². The molecular weight excluding hydrogens is 224 g/mol. The lowest BCUT2D eigenvalue weighted by Gasteiger charge is -2.38. The lowest BCUT2D eigenvalue weighted by molar-refractivity contribution is 0.0450. The van der Waals surface area contributed by atoms with Crippen molar-refractivity contribution in [2.45, 2.75) is 25.4 Å². The normalized spacial score (nSPS) is 25.8. The molecule has 0 aliphatic carbocycles. The summed E-state index contributed by atoms with van der Waals surface area (Å²) in [6.07, 6.45) is 1.81. The number of nitrogen functional groups attached to an aromatic ring is 1. The second-order valence-corrected chi connectivity index (χ2v) is 5.16. The Morgan fingerprint density at radius 2 is 2.25 bits per heavy atom. The molecule has 1 aromatic carbocycles. The molecule has 1 heterocycles. The molecule has 1 aliphatic rings. The Kier molecular flexibility index (Phi) is 3.00. The zero-order chi connectivity index (χ0) is 11.8. The predicted molar refractivity (Wildman–Crippen MR) is 67.9 cm³/mol. The highest BCUT2D eigenvalue weighted by atomic mass is 35.5. The minimum absolute atomic E-state index is 0.609. The highest BCUT2D eigenvalue weighted by molar-refractivity contribution is 6.31. The summed E-state index contributed by atoms with van der Waals surface area (Å²) in [5.41, 5.74) is 6.93. The van der Waals surface area contributed by atoms with Crippen LogP contribution in [0.4, 0.5) is 11.4 Å². The Balaban J connectivity index is 2.26. The molecule has 0 bridgehead atoms. The van der Waals surface area contributed by atoms with Crippen molar-refractivity contribution >= 4 is 23.0 Å². The molecule has 2 rings (SSSR count). The third-order valence-electron chi connectivity index (χ3n) is 3.01. The van der Waals surface area contributed by atoms with Crippen LogP contribution in [0.3, 0.4) is 0 Å². The molecular formula is C12H17ClN2O. The van der Waals surface area contributed by atoms with Crippen molar-refractivity contribution in [2.24, 2.45) is 0 Å². The van der Waals surface area contributed by atoms with Crippen LogP contribution in [0.5, 0.6) is 0 Å². The van der Waals surface area contributed by atoms with Gasteiger partial charge in [-0.3, -0.25) is 0 Å². The van der Waals surface area contributed by atoms with Gasteiger partial charge in [-0.25, -0.2) is 0 Å². The van der Waals surface area contributed by atoms with Crippen LogP contribution in [-0.4, -0.2) is 23.8 Å². The molecule has 1 saturated heterocycles. The van der Waals surface area contributed by atoms with Gasteiger partial charge in [0.15, 0.2) is 0 Å². The van der Waals surface area contributed by atoms with Crippen LogP contribution in [0.2, 0.25) is 5.02 Å². The Labute approximate surface area is 101 Å². The molecule has 1 unspecified atom stereocenters. The van der Waals surface area contributed by atoms with E-state index in [1.807, 2.05) is 13.0 Å². The number of halogens is 1. The first-order valence-corrected chi connectivity index (χ1v) is 5.88. The van der Waals surface area contributed by atoms with Crippen LogP contribution in [0.1, 0.15) is 19.8 Å². The molecule has 0 radical (unpaired) electrons. The minimum Gasteiger partial charge on any atom is -0.397 e. The van der Waals surface area contributed by atoms with Crippen molar-refractivity contribution < 1.29 is 5.11 Å². The molecule has 16 heavy (non-hydrogen) atoms. The van der Waals surface area contributed by atoms with Gasteiger partial charge >= 0.3 is 0 Å².